The first kappa shape index (κ1) is 10.6. The molecule has 0 amide bonds. The first-order chi connectivity index (χ1) is 6.13. The molecule has 1 aromatic rings. The predicted octanol–water partition coefficient (Wildman–Crippen LogP) is 2.61. The first-order valence-corrected chi connectivity index (χ1v) is 5.39. The van der Waals surface area contributed by atoms with E-state index in [1.807, 2.05) is 10.9 Å². The number of aromatic nitrogens is 2. The average molecular weight is 198 g/mol. The Balaban J connectivity index is 2.53. The second-order valence-electron chi connectivity index (χ2n) is 3.95. The van der Waals surface area contributed by atoms with Crippen LogP contribution in [0.1, 0.15) is 26.3 Å². The van der Waals surface area contributed by atoms with Gasteiger partial charge in [-0.15, -0.1) is 0 Å². The van der Waals surface area contributed by atoms with Gasteiger partial charge in [0, 0.05) is 18.5 Å². The Kier molecular flexibility index (Phi) is 3.85. The van der Waals surface area contributed by atoms with Gasteiger partial charge in [0.1, 0.15) is 0 Å². The molecule has 1 atom stereocenters. The second kappa shape index (κ2) is 4.70. The van der Waals surface area contributed by atoms with Gasteiger partial charge in [0.25, 0.3) is 0 Å². The van der Waals surface area contributed by atoms with Gasteiger partial charge >= 0.3 is 0 Å². The van der Waals surface area contributed by atoms with Crippen LogP contribution in [0.15, 0.2) is 12.4 Å². The van der Waals surface area contributed by atoms with Crippen molar-refractivity contribution in [2.45, 2.75) is 33.1 Å². The topological polar surface area (TPSA) is 17.8 Å². The van der Waals surface area contributed by atoms with Crippen LogP contribution in [0.5, 0.6) is 0 Å². The van der Waals surface area contributed by atoms with Crippen molar-refractivity contribution in [2.24, 2.45) is 11.8 Å². The van der Waals surface area contributed by atoms with Crippen LogP contribution in [0.25, 0.3) is 0 Å². The first-order valence-electron chi connectivity index (χ1n) is 4.75. The molecule has 0 saturated heterocycles. The Morgan fingerprint density at radius 3 is 2.62 bits per heavy atom. The Labute approximate surface area is 85.7 Å². The van der Waals surface area contributed by atoms with E-state index >= 15 is 0 Å². The summed E-state index contributed by atoms with van der Waals surface area (Å²) in [5.41, 5.74) is 1.19. The summed E-state index contributed by atoms with van der Waals surface area (Å²) >= 11 is 4.20. The third-order valence-corrected chi connectivity index (χ3v) is 2.85. The van der Waals surface area contributed by atoms with Gasteiger partial charge in [-0.3, -0.25) is 4.68 Å². The highest BCUT2D eigenvalue weighted by atomic mass is 32.1. The molecule has 0 aliphatic heterocycles. The van der Waals surface area contributed by atoms with Crippen molar-refractivity contribution in [1.82, 2.24) is 9.78 Å². The van der Waals surface area contributed by atoms with Gasteiger partial charge in [-0.2, -0.15) is 17.7 Å². The Morgan fingerprint density at radius 2 is 2.15 bits per heavy atom. The lowest BCUT2D eigenvalue weighted by Crippen LogP contribution is -2.13. The van der Waals surface area contributed by atoms with E-state index in [1.165, 1.54) is 5.56 Å². The minimum atomic E-state index is 0.674. The molecular formula is C10H18N2S. The molecule has 74 valence electrons. The second-order valence-corrected chi connectivity index (χ2v) is 4.27. The summed E-state index contributed by atoms with van der Waals surface area (Å²) in [4.78, 5) is 0. The number of hydrogen-bond donors (Lipinski definition) is 1. The molecule has 0 radical (unpaired) electrons. The van der Waals surface area contributed by atoms with Crippen LogP contribution in [0.3, 0.4) is 0 Å². The fourth-order valence-electron chi connectivity index (χ4n) is 1.09. The number of thiol groups is 1. The molecule has 2 nitrogen and oxygen atoms in total. The molecular weight excluding hydrogens is 180 g/mol. The smallest absolute Gasteiger partial charge is 0.0530 e. The van der Waals surface area contributed by atoms with E-state index in [4.69, 9.17) is 0 Å². The zero-order chi connectivity index (χ0) is 9.84. The molecule has 0 saturated carbocycles. The summed E-state index contributed by atoms with van der Waals surface area (Å²) < 4.78 is 2.01. The summed E-state index contributed by atoms with van der Waals surface area (Å²) in [5.74, 6) is 2.16. The minimum Gasteiger partial charge on any atom is -0.272 e. The van der Waals surface area contributed by atoms with Crippen molar-refractivity contribution in [3.63, 3.8) is 0 Å². The van der Waals surface area contributed by atoms with E-state index in [-0.39, 0.29) is 0 Å². The third kappa shape index (κ3) is 3.07. The lowest BCUT2D eigenvalue weighted by Gasteiger charge is -2.14. The molecule has 0 fully saturated rings. The van der Waals surface area contributed by atoms with Crippen LogP contribution < -0.4 is 0 Å². The molecule has 3 heteroatoms. The van der Waals surface area contributed by atoms with Crippen LogP contribution in [0.4, 0.5) is 0 Å². The maximum Gasteiger partial charge on any atom is 0.0530 e. The number of nitrogens with zero attached hydrogens (tertiary/aromatic N) is 2. The van der Waals surface area contributed by atoms with Gasteiger partial charge in [-0.05, 0) is 17.4 Å². The molecule has 1 unspecified atom stereocenters. The van der Waals surface area contributed by atoms with Crippen molar-refractivity contribution >= 4 is 12.6 Å². The largest absolute Gasteiger partial charge is 0.272 e. The van der Waals surface area contributed by atoms with Crippen molar-refractivity contribution in [2.75, 3.05) is 0 Å². The van der Waals surface area contributed by atoms with E-state index in [1.54, 1.807) is 0 Å². The molecule has 0 aliphatic rings. The number of hydrogen-bond acceptors (Lipinski definition) is 2. The van der Waals surface area contributed by atoms with Crippen molar-refractivity contribution in [3.05, 3.63) is 18.0 Å². The lowest BCUT2D eigenvalue weighted by atomic mass is 9.98. The Morgan fingerprint density at radius 1 is 1.46 bits per heavy atom. The van der Waals surface area contributed by atoms with Gasteiger partial charge < -0.3 is 0 Å². The standard InChI is InChI=1S/C10H18N2S/c1-8(2)9(3)5-12-6-10(7-13)4-11-12/h4,6,8-9,13H,5,7H2,1-3H3. The molecule has 13 heavy (non-hydrogen) atoms. The molecule has 0 aromatic carbocycles. The van der Waals surface area contributed by atoms with E-state index in [0.29, 0.717) is 11.8 Å². The predicted molar refractivity (Wildman–Crippen MR) is 58.9 cm³/mol. The van der Waals surface area contributed by atoms with Crippen LogP contribution in [-0.2, 0) is 12.3 Å². The Bertz CT molecular complexity index is 255. The summed E-state index contributed by atoms with van der Waals surface area (Å²) in [6.07, 6.45) is 3.96. The van der Waals surface area contributed by atoms with Gasteiger partial charge in [0.05, 0.1) is 6.20 Å². The zero-order valence-electron chi connectivity index (χ0n) is 8.57. The molecule has 0 spiro atoms. The summed E-state index contributed by atoms with van der Waals surface area (Å²) in [6, 6.07) is 0. The average Bonchev–Trinajstić information content (AvgIpc) is 2.52. The highest BCUT2D eigenvalue weighted by Crippen LogP contribution is 2.12. The summed E-state index contributed by atoms with van der Waals surface area (Å²) in [7, 11) is 0. The molecule has 1 aromatic heterocycles. The summed E-state index contributed by atoms with van der Waals surface area (Å²) in [6.45, 7) is 7.75. The van der Waals surface area contributed by atoms with E-state index in [2.05, 4.69) is 44.7 Å². The molecule has 0 bridgehead atoms. The van der Waals surface area contributed by atoms with Gasteiger partial charge in [-0.25, -0.2) is 0 Å². The molecule has 0 N–H and O–H groups in total. The highest BCUT2D eigenvalue weighted by molar-refractivity contribution is 7.79. The maximum atomic E-state index is 4.28. The quantitative estimate of drug-likeness (QED) is 0.736. The van der Waals surface area contributed by atoms with Crippen molar-refractivity contribution < 1.29 is 0 Å². The summed E-state index contributed by atoms with van der Waals surface area (Å²) in [5, 5.41) is 4.28. The van der Waals surface area contributed by atoms with Gasteiger partial charge in [0.2, 0.25) is 0 Å². The number of rotatable bonds is 4. The third-order valence-electron chi connectivity index (χ3n) is 2.48. The fourth-order valence-corrected chi connectivity index (χ4v) is 1.26. The minimum absolute atomic E-state index is 0.674. The maximum absolute atomic E-state index is 4.28. The van der Waals surface area contributed by atoms with Gasteiger partial charge in [-0.1, -0.05) is 20.8 Å². The Hall–Kier alpha value is -0.440. The normalized spacial score (nSPS) is 13.6. The molecule has 0 aliphatic carbocycles. The van der Waals surface area contributed by atoms with Crippen LogP contribution >= 0.6 is 12.6 Å². The van der Waals surface area contributed by atoms with Crippen molar-refractivity contribution in [1.29, 1.82) is 0 Å². The fraction of sp³-hybridized carbons (Fsp3) is 0.700. The van der Waals surface area contributed by atoms with E-state index in [9.17, 15) is 0 Å². The van der Waals surface area contributed by atoms with Crippen LogP contribution in [0, 0.1) is 11.8 Å². The van der Waals surface area contributed by atoms with Crippen molar-refractivity contribution in [3.8, 4) is 0 Å². The van der Waals surface area contributed by atoms with Gasteiger partial charge in [0.15, 0.2) is 0 Å². The molecule has 1 rings (SSSR count). The SMILES string of the molecule is CC(C)C(C)Cn1cc(CS)cn1. The highest BCUT2D eigenvalue weighted by Gasteiger charge is 2.08. The van der Waals surface area contributed by atoms with Crippen LogP contribution in [0.2, 0.25) is 0 Å². The van der Waals surface area contributed by atoms with E-state index < -0.39 is 0 Å². The zero-order valence-corrected chi connectivity index (χ0v) is 9.46. The van der Waals surface area contributed by atoms with E-state index in [0.717, 1.165) is 12.3 Å². The van der Waals surface area contributed by atoms with Crippen LogP contribution in [-0.4, -0.2) is 9.78 Å². The monoisotopic (exact) mass is 198 g/mol. The molecule has 1 heterocycles. The lowest BCUT2D eigenvalue weighted by molar-refractivity contribution is 0.349.